The normalized spacial score (nSPS) is 11.3. The van der Waals surface area contributed by atoms with Crippen molar-refractivity contribution in [1.82, 2.24) is 0 Å². The summed E-state index contributed by atoms with van der Waals surface area (Å²) in [7, 11) is -3.51. The first-order valence-corrected chi connectivity index (χ1v) is 7.79. The third-order valence-corrected chi connectivity index (χ3v) is 3.94. The second-order valence-corrected chi connectivity index (χ2v) is 6.40. The van der Waals surface area contributed by atoms with Crippen LogP contribution in [0, 0.1) is 5.82 Å². The SMILES string of the molecule is CS(=O)(=O)N(Cc1ccc(N)cc1)c1cccc(F)c1. The quantitative estimate of drug-likeness (QED) is 0.881. The fourth-order valence-corrected chi connectivity index (χ4v) is 2.70. The van der Waals surface area contributed by atoms with Gasteiger partial charge in [-0.1, -0.05) is 18.2 Å². The van der Waals surface area contributed by atoms with E-state index in [2.05, 4.69) is 0 Å². The molecule has 0 aliphatic carbocycles. The molecule has 2 N–H and O–H groups in total. The molecule has 4 nitrogen and oxygen atoms in total. The Kier molecular flexibility index (Phi) is 3.94. The molecule has 0 fully saturated rings. The lowest BCUT2D eigenvalue weighted by atomic mass is 10.2. The summed E-state index contributed by atoms with van der Waals surface area (Å²) in [6.07, 6.45) is 1.09. The molecular weight excluding hydrogens is 279 g/mol. The van der Waals surface area contributed by atoms with Crippen LogP contribution in [0.15, 0.2) is 48.5 Å². The maximum Gasteiger partial charge on any atom is 0.232 e. The van der Waals surface area contributed by atoms with E-state index in [4.69, 9.17) is 5.73 Å². The second kappa shape index (κ2) is 5.50. The molecule has 0 atom stereocenters. The number of rotatable bonds is 4. The van der Waals surface area contributed by atoms with Gasteiger partial charge in [0.15, 0.2) is 0 Å². The van der Waals surface area contributed by atoms with Crippen LogP contribution in [0.4, 0.5) is 15.8 Å². The number of nitrogen functional groups attached to an aromatic ring is 1. The van der Waals surface area contributed by atoms with Gasteiger partial charge in [-0.05, 0) is 35.9 Å². The number of halogens is 1. The van der Waals surface area contributed by atoms with Gasteiger partial charge in [-0.15, -0.1) is 0 Å². The average molecular weight is 294 g/mol. The van der Waals surface area contributed by atoms with Gasteiger partial charge in [-0.25, -0.2) is 12.8 Å². The summed E-state index contributed by atoms with van der Waals surface area (Å²) in [6.45, 7) is 0.128. The lowest BCUT2D eigenvalue weighted by Gasteiger charge is -2.22. The highest BCUT2D eigenvalue weighted by atomic mass is 32.2. The second-order valence-electron chi connectivity index (χ2n) is 4.49. The number of anilines is 2. The number of nitrogens with zero attached hydrogens (tertiary/aromatic N) is 1. The van der Waals surface area contributed by atoms with Gasteiger partial charge in [0.25, 0.3) is 0 Å². The number of benzene rings is 2. The zero-order valence-electron chi connectivity index (χ0n) is 11.0. The van der Waals surface area contributed by atoms with Gasteiger partial charge >= 0.3 is 0 Å². The monoisotopic (exact) mass is 294 g/mol. The summed E-state index contributed by atoms with van der Waals surface area (Å²) in [6, 6.07) is 12.4. The number of hydrogen-bond acceptors (Lipinski definition) is 3. The summed E-state index contributed by atoms with van der Waals surface area (Å²) < 4.78 is 38.2. The minimum Gasteiger partial charge on any atom is -0.399 e. The zero-order chi connectivity index (χ0) is 14.8. The van der Waals surface area contributed by atoms with Crippen LogP contribution in [0.25, 0.3) is 0 Å². The Balaban J connectivity index is 2.37. The van der Waals surface area contributed by atoms with E-state index < -0.39 is 15.8 Å². The molecular formula is C14H15FN2O2S. The summed E-state index contributed by atoms with van der Waals surface area (Å²) in [4.78, 5) is 0. The Morgan fingerprint density at radius 1 is 1.15 bits per heavy atom. The van der Waals surface area contributed by atoms with Crippen molar-refractivity contribution in [3.63, 3.8) is 0 Å². The maximum atomic E-state index is 13.3. The van der Waals surface area contributed by atoms with Crippen LogP contribution < -0.4 is 10.0 Å². The van der Waals surface area contributed by atoms with E-state index >= 15 is 0 Å². The average Bonchev–Trinajstić information content (AvgIpc) is 2.36. The molecule has 2 aromatic rings. The molecule has 0 unspecified atom stereocenters. The van der Waals surface area contributed by atoms with E-state index in [1.165, 1.54) is 18.2 Å². The molecule has 0 saturated carbocycles. The van der Waals surface area contributed by atoms with Crippen LogP contribution in [0.3, 0.4) is 0 Å². The molecule has 0 bridgehead atoms. The third-order valence-electron chi connectivity index (χ3n) is 2.80. The summed E-state index contributed by atoms with van der Waals surface area (Å²) in [5.74, 6) is -0.478. The third kappa shape index (κ3) is 3.48. The van der Waals surface area contributed by atoms with Crippen molar-refractivity contribution in [2.24, 2.45) is 0 Å². The van der Waals surface area contributed by atoms with Gasteiger partial charge in [0.05, 0.1) is 18.5 Å². The largest absolute Gasteiger partial charge is 0.399 e. The van der Waals surface area contributed by atoms with Crippen molar-refractivity contribution in [1.29, 1.82) is 0 Å². The predicted octanol–water partition coefficient (Wildman–Crippen LogP) is 2.37. The molecule has 0 aliphatic heterocycles. The lowest BCUT2D eigenvalue weighted by Crippen LogP contribution is -2.29. The standard InChI is InChI=1S/C14H15FN2O2S/c1-20(18,19)17(14-4-2-3-12(15)9-14)10-11-5-7-13(16)8-6-11/h2-9H,10,16H2,1H3. The minimum absolute atomic E-state index is 0.128. The summed E-state index contributed by atoms with van der Waals surface area (Å²) in [5, 5.41) is 0. The number of nitrogens with two attached hydrogens (primary N) is 1. The molecule has 2 aromatic carbocycles. The highest BCUT2D eigenvalue weighted by Crippen LogP contribution is 2.21. The molecule has 0 radical (unpaired) electrons. The van der Waals surface area contributed by atoms with E-state index in [0.717, 1.165) is 16.1 Å². The van der Waals surface area contributed by atoms with Crippen LogP contribution in [0.2, 0.25) is 0 Å². The van der Waals surface area contributed by atoms with Crippen LogP contribution >= 0.6 is 0 Å². The van der Waals surface area contributed by atoms with Crippen molar-refractivity contribution in [3.8, 4) is 0 Å². The molecule has 0 saturated heterocycles. The van der Waals surface area contributed by atoms with E-state index in [9.17, 15) is 12.8 Å². The molecule has 0 aliphatic rings. The molecule has 0 aromatic heterocycles. The highest BCUT2D eigenvalue weighted by Gasteiger charge is 2.18. The minimum atomic E-state index is -3.51. The van der Waals surface area contributed by atoms with Crippen LogP contribution in [-0.2, 0) is 16.6 Å². The first-order valence-electron chi connectivity index (χ1n) is 5.94. The lowest BCUT2D eigenvalue weighted by molar-refractivity contribution is 0.595. The Bertz CT molecular complexity index is 699. The van der Waals surface area contributed by atoms with Crippen molar-refractivity contribution in [3.05, 3.63) is 59.9 Å². The Hall–Kier alpha value is -2.08. The van der Waals surface area contributed by atoms with Crippen LogP contribution in [0.5, 0.6) is 0 Å². The van der Waals surface area contributed by atoms with Crippen molar-refractivity contribution < 1.29 is 12.8 Å². The van der Waals surface area contributed by atoms with Crippen molar-refractivity contribution >= 4 is 21.4 Å². The smallest absolute Gasteiger partial charge is 0.232 e. The van der Waals surface area contributed by atoms with Crippen LogP contribution in [0.1, 0.15) is 5.56 Å². The molecule has 2 rings (SSSR count). The van der Waals surface area contributed by atoms with Crippen LogP contribution in [-0.4, -0.2) is 14.7 Å². The zero-order valence-corrected chi connectivity index (χ0v) is 11.8. The van der Waals surface area contributed by atoms with Crippen molar-refractivity contribution in [2.45, 2.75) is 6.54 Å². The number of sulfonamides is 1. The first kappa shape index (κ1) is 14.3. The Labute approximate surface area is 117 Å². The molecule has 0 amide bonds. The van der Waals surface area contributed by atoms with E-state index in [-0.39, 0.29) is 6.54 Å². The molecule has 106 valence electrons. The molecule has 0 spiro atoms. The summed E-state index contributed by atoms with van der Waals surface area (Å²) in [5.41, 5.74) is 7.26. The predicted molar refractivity (Wildman–Crippen MR) is 78.3 cm³/mol. The Morgan fingerprint density at radius 2 is 1.80 bits per heavy atom. The topological polar surface area (TPSA) is 63.4 Å². The van der Waals surface area contributed by atoms with Gasteiger partial charge in [0, 0.05) is 5.69 Å². The molecule has 0 heterocycles. The van der Waals surface area contributed by atoms with Gasteiger partial charge in [-0.3, -0.25) is 4.31 Å². The highest BCUT2D eigenvalue weighted by molar-refractivity contribution is 7.92. The van der Waals surface area contributed by atoms with E-state index in [0.29, 0.717) is 11.4 Å². The first-order chi connectivity index (χ1) is 9.36. The van der Waals surface area contributed by atoms with E-state index in [1.54, 1.807) is 30.3 Å². The Morgan fingerprint density at radius 3 is 2.35 bits per heavy atom. The van der Waals surface area contributed by atoms with Crippen molar-refractivity contribution in [2.75, 3.05) is 16.3 Å². The number of hydrogen-bond donors (Lipinski definition) is 1. The molecule has 6 heteroatoms. The van der Waals surface area contributed by atoms with Gasteiger partial charge in [0.2, 0.25) is 10.0 Å². The fourth-order valence-electron chi connectivity index (χ4n) is 1.82. The van der Waals surface area contributed by atoms with Gasteiger partial charge in [0.1, 0.15) is 5.82 Å². The van der Waals surface area contributed by atoms with Gasteiger partial charge in [-0.2, -0.15) is 0 Å². The summed E-state index contributed by atoms with van der Waals surface area (Å²) >= 11 is 0. The van der Waals surface area contributed by atoms with E-state index in [1.807, 2.05) is 0 Å². The fraction of sp³-hybridized carbons (Fsp3) is 0.143. The van der Waals surface area contributed by atoms with Gasteiger partial charge < -0.3 is 5.73 Å². The maximum absolute atomic E-state index is 13.3. The molecule has 20 heavy (non-hydrogen) atoms.